The second-order valence-electron chi connectivity index (χ2n) is 3.41. The van der Waals surface area contributed by atoms with Crippen LogP contribution in [0.25, 0.3) is 0 Å². The van der Waals surface area contributed by atoms with E-state index in [0.717, 1.165) is 12.8 Å². The molecule has 0 nitrogen and oxygen atoms in total. The van der Waals surface area contributed by atoms with Crippen LogP contribution in [-0.2, 0) is 0 Å². The van der Waals surface area contributed by atoms with E-state index in [1.165, 1.54) is 0 Å². The van der Waals surface area contributed by atoms with E-state index >= 15 is 0 Å². The van der Waals surface area contributed by atoms with Crippen LogP contribution in [0.4, 0.5) is 0 Å². The first-order chi connectivity index (χ1) is 4.06. The van der Waals surface area contributed by atoms with Gasteiger partial charge < -0.3 is 0 Å². The molecule has 0 aromatic carbocycles. The molecule has 0 spiro atoms. The summed E-state index contributed by atoms with van der Waals surface area (Å²) in [4.78, 5) is 0. The van der Waals surface area contributed by atoms with Crippen molar-refractivity contribution in [2.75, 3.05) is 0 Å². The summed E-state index contributed by atoms with van der Waals surface area (Å²) in [6.45, 7) is 10.4. The fourth-order valence-electron chi connectivity index (χ4n) is 0.555. The average molecular weight is 125 g/mol. The first-order valence-electron chi connectivity index (χ1n) is 3.53. The molecule has 9 heavy (non-hydrogen) atoms. The Bertz CT molecular complexity index is 82.7. The van der Waals surface area contributed by atoms with Crippen molar-refractivity contribution < 1.29 is 0 Å². The van der Waals surface area contributed by atoms with Crippen LogP contribution in [0, 0.1) is 12.3 Å². The zero-order valence-electron chi connectivity index (χ0n) is 6.78. The highest BCUT2D eigenvalue weighted by Crippen LogP contribution is 2.14. The molecule has 0 aliphatic heterocycles. The lowest BCUT2D eigenvalue weighted by Crippen LogP contribution is -1.97. The minimum atomic E-state index is 0.342. The van der Waals surface area contributed by atoms with E-state index in [1.807, 2.05) is 0 Å². The van der Waals surface area contributed by atoms with Gasteiger partial charge in [0.1, 0.15) is 0 Å². The molecular weight excluding hydrogens is 108 g/mol. The molecule has 0 rings (SSSR count). The summed E-state index contributed by atoms with van der Waals surface area (Å²) in [6.07, 6.45) is 6.55. The lowest BCUT2D eigenvalue weighted by molar-refractivity contribution is 0.542. The van der Waals surface area contributed by atoms with E-state index in [0.29, 0.717) is 5.41 Å². The predicted molar refractivity (Wildman–Crippen MR) is 43.2 cm³/mol. The maximum absolute atomic E-state index is 3.75. The molecule has 0 atom stereocenters. The van der Waals surface area contributed by atoms with Crippen LogP contribution < -0.4 is 0 Å². The van der Waals surface area contributed by atoms with E-state index in [-0.39, 0.29) is 0 Å². The van der Waals surface area contributed by atoms with Gasteiger partial charge in [0, 0.05) is 0 Å². The molecule has 0 saturated heterocycles. The summed E-state index contributed by atoms with van der Waals surface area (Å²) in [5, 5.41) is 0. The first-order valence-corrected chi connectivity index (χ1v) is 3.53. The molecule has 0 unspecified atom stereocenters. The van der Waals surface area contributed by atoms with Crippen molar-refractivity contribution in [1.82, 2.24) is 0 Å². The Morgan fingerprint density at radius 1 is 1.33 bits per heavy atom. The van der Waals surface area contributed by atoms with Crippen molar-refractivity contribution in [3.05, 3.63) is 19.1 Å². The summed E-state index contributed by atoms with van der Waals surface area (Å²) in [5.41, 5.74) is 0.342. The summed E-state index contributed by atoms with van der Waals surface area (Å²) < 4.78 is 0. The van der Waals surface area contributed by atoms with Gasteiger partial charge in [0.15, 0.2) is 0 Å². The summed E-state index contributed by atoms with van der Waals surface area (Å²) in [7, 11) is 0. The van der Waals surface area contributed by atoms with Gasteiger partial charge in [-0.1, -0.05) is 39.8 Å². The van der Waals surface area contributed by atoms with Gasteiger partial charge in [-0.25, -0.2) is 0 Å². The fraction of sp³-hybridized carbons (Fsp3) is 0.667. The van der Waals surface area contributed by atoms with Crippen LogP contribution in [-0.4, -0.2) is 0 Å². The standard InChI is InChI=1S/C9H17/c1-5-6-7-8-9(2,3)4/h7-8H,1,5-6H2,2-4H3/b8-7+. The van der Waals surface area contributed by atoms with Crippen molar-refractivity contribution in [2.45, 2.75) is 33.6 Å². The molecular formula is C9H17. The summed E-state index contributed by atoms with van der Waals surface area (Å²) in [6, 6.07) is 0. The largest absolute Gasteiger partial charge is 0.0880 e. The Morgan fingerprint density at radius 2 is 1.89 bits per heavy atom. The van der Waals surface area contributed by atoms with E-state index in [9.17, 15) is 0 Å². The van der Waals surface area contributed by atoms with Crippen molar-refractivity contribution >= 4 is 0 Å². The number of hydrogen-bond acceptors (Lipinski definition) is 0. The third-order valence-electron chi connectivity index (χ3n) is 0.989. The second kappa shape index (κ2) is 3.71. The van der Waals surface area contributed by atoms with Crippen molar-refractivity contribution in [3.63, 3.8) is 0 Å². The molecule has 0 fully saturated rings. The Balaban J connectivity index is 3.45. The van der Waals surface area contributed by atoms with Gasteiger partial charge in [0.05, 0.1) is 0 Å². The van der Waals surface area contributed by atoms with Crippen molar-refractivity contribution in [3.8, 4) is 0 Å². The minimum absolute atomic E-state index is 0.342. The van der Waals surface area contributed by atoms with Gasteiger partial charge in [-0.3, -0.25) is 0 Å². The third-order valence-corrected chi connectivity index (χ3v) is 0.989. The number of rotatable bonds is 2. The molecule has 0 heterocycles. The molecule has 0 saturated carbocycles. The summed E-state index contributed by atoms with van der Waals surface area (Å²) >= 11 is 0. The molecule has 0 aliphatic rings. The Labute approximate surface area is 59.0 Å². The van der Waals surface area contributed by atoms with E-state index < -0.39 is 0 Å². The number of allylic oxidation sites excluding steroid dienone is 2. The molecule has 0 aromatic heterocycles. The molecule has 0 aromatic rings. The molecule has 1 radical (unpaired) electrons. The van der Waals surface area contributed by atoms with Crippen molar-refractivity contribution in [2.24, 2.45) is 5.41 Å². The maximum atomic E-state index is 3.75. The van der Waals surface area contributed by atoms with Crippen LogP contribution in [0.1, 0.15) is 33.6 Å². The minimum Gasteiger partial charge on any atom is -0.0880 e. The zero-order valence-corrected chi connectivity index (χ0v) is 6.78. The monoisotopic (exact) mass is 125 g/mol. The average Bonchev–Trinajstić information content (AvgIpc) is 1.63. The van der Waals surface area contributed by atoms with Gasteiger partial charge in [-0.15, -0.1) is 0 Å². The second-order valence-corrected chi connectivity index (χ2v) is 3.41. The molecule has 53 valence electrons. The van der Waals surface area contributed by atoms with Crippen LogP contribution >= 0.6 is 0 Å². The van der Waals surface area contributed by atoms with Gasteiger partial charge in [-0.05, 0) is 18.3 Å². The maximum Gasteiger partial charge on any atom is -0.0203 e. The van der Waals surface area contributed by atoms with Crippen LogP contribution in [0.5, 0.6) is 0 Å². The van der Waals surface area contributed by atoms with Crippen molar-refractivity contribution in [1.29, 1.82) is 0 Å². The Hall–Kier alpha value is -0.260. The highest BCUT2D eigenvalue weighted by molar-refractivity contribution is 4.91. The van der Waals surface area contributed by atoms with Gasteiger partial charge in [0.2, 0.25) is 0 Å². The highest BCUT2D eigenvalue weighted by atomic mass is 14.1. The molecule has 0 amide bonds. The van der Waals surface area contributed by atoms with Gasteiger partial charge in [0.25, 0.3) is 0 Å². The Kier molecular flexibility index (Phi) is 3.60. The third kappa shape index (κ3) is 7.74. The smallest absolute Gasteiger partial charge is 0.0203 e. The van der Waals surface area contributed by atoms with Crippen LogP contribution in [0.2, 0.25) is 0 Å². The van der Waals surface area contributed by atoms with Gasteiger partial charge in [-0.2, -0.15) is 0 Å². The quantitative estimate of drug-likeness (QED) is 0.497. The molecule has 0 aliphatic carbocycles. The predicted octanol–water partition coefficient (Wildman–Crippen LogP) is 3.20. The van der Waals surface area contributed by atoms with E-state index in [2.05, 4.69) is 39.8 Å². The summed E-state index contributed by atoms with van der Waals surface area (Å²) in [5.74, 6) is 0. The van der Waals surface area contributed by atoms with Crippen LogP contribution in [0.3, 0.4) is 0 Å². The fourth-order valence-corrected chi connectivity index (χ4v) is 0.555. The topological polar surface area (TPSA) is 0 Å². The van der Waals surface area contributed by atoms with Gasteiger partial charge >= 0.3 is 0 Å². The number of hydrogen-bond donors (Lipinski definition) is 0. The lowest BCUT2D eigenvalue weighted by Gasteiger charge is -2.10. The lowest BCUT2D eigenvalue weighted by atomic mass is 9.96. The molecule has 0 heteroatoms. The Morgan fingerprint density at radius 3 is 2.22 bits per heavy atom. The SMILES string of the molecule is [CH2]CC/C=C/C(C)(C)C. The molecule has 0 bridgehead atoms. The molecule has 0 N–H and O–H groups in total. The number of unbranched alkanes of at least 4 members (excludes halogenated alkanes) is 1. The van der Waals surface area contributed by atoms with Crippen LogP contribution in [0.15, 0.2) is 12.2 Å². The normalized spacial score (nSPS) is 12.9. The van der Waals surface area contributed by atoms with E-state index in [1.54, 1.807) is 0 Å². The first kappa shape index (κ1) is 8.74. The highest BCUT2D eigenvalue weighted by Gasteiger charge is 2.01. The van der Waals surface area contributed by atoms with E-state index in [4.69, 9.17) is 0 Å². The zero-order chi connectivity index (χ0) is 7.33.